The number of nitrogens with one attached hydrogen (secondary N) is 1. The van der Waals surface area contributed by atoms with Crippen LogP contribution in [0, 0.1) is 4.77 Å². The number of carbonyl (C=O) groups is 1. The van der Waals surface area contributed by atoms with Gasteiger partial charge in [0.2, 0.25) is 0 Å². The van der Waals surface area contributed by atoms with Crippen molar-refractivity contribution in [3.05, 3.63) is 75.8 Å². The molecule has 0 spiro atoms. The zero-order chi connectivity index (χ0) is 22.7. The number of aromatic nitrogens is 2. The minimum Gasteiger partial charge on any atom is -0.497 e. The Balaban J connectivity index is 1.53. The van der Waals surface area contributed by atoms with Gasteiger partial charge in [-0.05, 0) is 61.1 Å². The standard InChI is InChI=1S/C24H26N4O3S/c1-3-11-28-23(30)20-10-5-17(16-21(20)25-24(28)32)22(29)27-13-4-12-26(14-15-27)18-6-8-19(31-2)9-7-18/h3,5-10,16H,1,4,11-15H2,2H3,(H,25,32). The Morgan fingerprint density at radius 2 is 1.94 bits per heavy atom. The van der Waals surface area contributed by atoms with Crippen molar-refractivity contribution >= 4 is 34.7 Å². The lowest BCUT2D eigenvalue weighted by atomic mass is 10.1. The second-order valence-electron chi connectivity index (χ2n) is 7.73. The molecule has 0 aliphatic carbocycles. The Labute approximate surface area is 191 Å². The maximum atomic E-state index is 13.2. The van der Waals surface area contributed by atoms with Gasteiger partial charge in [0.1, 0.15) is 5.75 Å². The molecule has 0 atom stereocenters. The van der Waals surface area contributed by atoms with Crippen molar-refractivity contribution in [1.82, 2.24) is 14.5 Å². The molecule has 1 aromatic heterocycles. The number of nitrogens with zero attached hydrogens (tertiary/aromatic N) is 3. The second-order valence-corrected chi connectivity index (χ2v) is 8.11. The lowest BCUT2D eigenvalue weighted by Gasteiger charge is -2.24. The molecule has 1 N–H and O–H groups in total. The summed E-state index contributed by atoms with van der Waals surface area (Å²) in [5.74, 6) is 0.782. The number of fused-ring (bicyclic) bond motifs is 1. The summed E-state index contributed by atoms with van der Waals surface area (Å²) >= 11 is 5.31. The zero-order valence-electron chi connectivity index (χ0n) is 18.0. The van der Waals surface area contributed by atoms with Crippen molar-refractivity contribution in [3.63, 3.8) is 0 Å². The number of benzene rings is 2. The van der Waals surface area contributed by atoms with Crippen molar-refractivity contribution in [2.24, 2.45) is 0 Å². The lowest BCUT2D eigenvalue weighted by molar-refractivity contribution is 0.0767. The Morgan fingerprint density at radius 3 is 2.66 bits per heavy atom. The highest BCUT2D eigenvalue weighted by Gasteiger charge is 2.21. The van der Waals surface area contributed by atoms with E-state index >= 15 is 0 Å². The van der Waals surface area contributed by atoms with E-state index in [2.05, 4.69) is 16.5 Å². The predicted octanol–water partition coefficient (Wildman–Crippen LogP) is 3.61. The average molecular weight is 451 g/mol. The van der Waals surface area contributed by atoms with Gasteiger partial charge < -0.3 is 19.5 Å². The largest absolute Gasteiger partial charge is 0.497 e. The third-order valence-corrected chi connectivity index (χ3v) is 6.08. The summed E-state index contributed by atoms with van der Waals surface area (Å²) in [5.41, 5.74) is 2.05. The molecule has 7 nitrogen and oxygen atoms in total. The highest BCUT2D eigenvalue weighted by atomic mass is 32.1. The van der Waals surface area contributed by atoms with Crippen LogP contribution < -0.4 is 15.2 Å². The fourth-order valence-electron chi connectivity index (χ4n) is 4.04. The van der Waals surface area contributed by atoms with Crippen molar-refractivity contribution in [3.8, 4) is 5.75 Å². The van der Waals surface area contributed by atoms with E-state index in [1.54, 1.807) is 31.4 Å². The molecule has 2 heterocycles. The first kappa shape index (κ1) is 21.8. The molecule has 2 aromatic carbocycles. The molecule has 1 amide bonds. The zero-order valence-corrected chi connectivity index (χ0v) is 18.9. The molecule has 166 valence electrons. The number of methoxy groups -OCH3 is 1. The highest BCUT2D eigenvalue weighted by molar-refractivity contribution is 7.71. The Bertz CT molecular complexity index is 1260. The van der Waals surface area contributed by atoms with Gasteiger partial charge in [-0.25, -0.2) is 0 Å². The van der Waals surface area contributed by atoms with Gasteiger partial charge in [0.25, 0.3) is 11.5 Å². The summed E-state index contributed by atoms with van der Waals surface area (Å²) in [6, 6.07) is 13.1. The summed E-state index contributed by atoms with van der Waals surface area (Å²) in [6.45, 7) is 6.94. The van der Waals surface area contributed by atoms with Gasteiger partial charge in [0.05, 0.1) is 18.0 Å². The van der Waals surface area contributed by atoms with Gasteiger partial charge in [0.15, 0.2) is 4.77 Å². The van der Waals surface area contributed by atoms with E-state index in [0.717, 1.165) is 30.9 Å². The van der Waals surface area contributed by atoms with Crippen molar-refractivity contribution in [1.29, 1.82) is 0 Å². The van der Waals surface area contributed by atoms with E-state index < -0.39 is 0 Å². The normalized spacial score (nSPS) is 14.3. The van der Waals surface area contributed by atoms with Crippen LogP contribution in [0.4, 0.5) is 5.69 Å². The molecule has 0 bridgehead atoms. The van der Waals surface area contributed by atoms with E-state index in [1.807, 2.05) is 29.2 Å². The van der Waals surface area contributed by atoms with Gasteiger partial charge in [-0.3, -0.25) is 14.2 Å². The lowest BCUT2D eigenvalue weighted by Crippen LogP contribution is -2.35. The summed E-state index contributed by atoms with van der Waals surface area (Å²) in [4.78, 5) is 33.1. The molecule has 1 saturated heterocycles. The second kappa shape index (κ2) is 9.40. The van der Waals surface area contributed by atoms with Crippen LogP contribution in [0.15, 0.2) is 59.9 Å². The quantitative estimate of drug-likeness (QED) is 0.475. The molecule has 1 fully saturated rings. The summed E-state index contributed by atoms with van der Waals surface area (Å²) < 4.78 is 7.01. The first-order valence-corrected chi connectivity index (χ1v) is 11.0. The van der Waals surface area contributed by atoms with Gasteiger partial charge in [0, 0.05) is 44.0 Å². The van der Waals surface area contributed by atoms with E-state index in [-0.39, 0.29) is 11.5 Å². The fraction of sp³-hybridized carbons (Fsp3) is 0.292. The van der Waals surface area contributed by atoms with Crippen molar-refractivity contribution in [2.75, 3.05) is 38.2 Å². The fourth-order valence-corrected chi connectivity index (χ4v) is 4.30. The molecule has 0 saturated carbocycles. The topological polar surface area (TPSA) is 70.6 Å². The molecule has 3 aromatic rings. The number of amides is 1. The number of hydrogen-bond donors (Lipinski definition) is 1. The van der Waals surface area contributed by atoms with Crippen LogP contribution in [-0.4, -0.2) is 53.6 Å². The number of anilines is 1. The van der Waals surface area contributed by atoms with Crippen LogP contribution in [0.1, 0.15) is 16.8 Å². The summed E-state index contributed by atoms with van der Waals surface area (Å²) in [7, 11) is 1.65. The van der Waals surface area contributed by atoms with E-state index in [0.29, 0.717) is 40.9 Å². The van der Waals surface area contributed by atoms with E-state index in [9.17, 15) is 9.59 Å². The molecular weight excluding hydrogens is 424 g/mol. The third kappa shape index (κ3) is 4.31. The van der Waals surface area contributed by atoms with E-state index in [1.165, 1.54) is 4.57 Å². The number of hydrogen-bond acceptors (Lipinski definition) is 5. The van der Waals surface area contributed by atoms with Crippen LogP contribution in [0.5, 0.6) is 5.75 Å². The van der Waals surface area contributed by atoms with Crippen molar-refractivity contribution < 1.29 is 9.53 Å². The minimum atomic E-state index is -0.187. The predicted molar refractivity (Wildman–Crippen MR) is 129 cm³/mol. The first-order chi connectivity index (χ1) is 15.5. The summed E-state index contributed by atoms with van der Waals surface area (Å²) in [5, 5.41) is 0.499. The maximum absolute atomic E-state index is 13.2. The monoisotopic (exact) mass is 450 g/mol. The maximum Gasteiger partial charge on any atom is 0.262 e. The van der Waals surface area contributed by atoms with Gasteiger partial charge in [-0.2, -0.15) is 0 Å². The van der Waals surface area contributed by atoms with Gasteiger partial charge >= 0.3 is 0 Å². The molecule has 0 radical (unpaired) electrons. The Morgan fingerprint density at radius 1 is 1.16 bits per heavy atom. The minimum absolute atomic E-state index is 0.0435. The average Bonchev–Trinajstić information content (AvgIpc) is 3.07. The summed E-state index contributed by atoms with van der Waals surface area (Å²) in [6.07, 6.45) is 2.50. The van der Waals surface area contributed by atoms with Crippen LogP contribution in [0.3, 0.4) is 0 Å². The van der Waals surface area contributed by atoms with E-state index in [4.69, 9.17) is 17.0 Å². The van der Waals surface area contributed by atoms with Crippen LogP contribution in [-0.2, 0) is 6.54 Å². The number of allylic oxidation sites excluding steroid dienone is 1. The van der Waals surface area contributed by atoms with Crippen LogP contribution in [0.25, 0.3) is 10.9 Å². The smallest absolute Gasteiger partial charge is 0.262 e. The number of carbonyl (C=O) groups excluding carboxylic acids is 1. The van der Waals surface area contributed by atoms with Crippen molar-refractivity contribution in [2.45, 2.75) is 13.0 Å². The number of aromatic amines is 1. The van der Waals surface area contributed by atoms with Gasteiger partial charge in [-0.1, -0.05) is 6.08 Å². The Hall–Kier alpha value is -3.39. The van der Waals surface area contributed by atoms with Crippen LogP contribution >= 0.6 is 12.2 Å². The highest BCUT2D eigenvalue weighted by Crippen LogP contribution is 2.21. The van der Waals surface area contributed by atoms with Crippen LogP contribution in [0.2, 0.25) is 0 Å². The molecule has 1 aliphatic rings. The number of ether oxygens (including phenoxy) is 1. The number of H-pyrrole nitrogens is 1. The molecule has 4 rings (SSSR count). The first-order valence-electron chi connectivity index (χ1n) is 10.6. The SMILES string of the molecule is C=CCn1c(=S)[nH]c2cc(C(=O)N3CCCN(c4ccc(OC)cc4)CC3)ccc2c1=O. The Kier molecular flexibility index (Phi) is 6.41. The molecular formula is C24H26N4O3S. The third-order valence-electron chi connectivity index (χ3n) is 5.76. The number of rotatable bonds is 5. The molecule has 0 unspecified atom stereocenters. The molecule has 32 heavy (non-hydrogen) atoms. The molecule has 8 heteroatoms. The molecule has 1 aliphatic heterocycles. The van der Waals surface area contributed by atoms with Gasteiger partial charge in [-0.15, -0.1) is 6.58 Å².